The largest absolute Gasteiger partial charge is 0.294 e. The molecule has 0 aliphatic rings. The van der Waals surface area contributed by atoms with Crippen molar-refractivity contribution in [2.24, 2.45) is 0 Å². The topological polar surface area (TPSA) is 67.3 Å². The maximum atomic E-state index is 12.4. The van der Waals surface area contributed by atoms with Gasteiger partial charge in [0.05, 0.1) is 5.03 Å². The lowest BCUT2D eigenvalue weighted by Crippen LogP contribution is -2.30. The van der Waals surface area contributed by atoms with Crippen molar-refractivity contribution in [2.75, 3.05) is 18.8 Å². The van der Waals surface area contributed by atoms with Crippen LogP contribution in [-0.4, -0.2) is 42.3 Å². The lowest BCUT2D eigenvalue weighted by Gasteiger charge is -2.18. The summed E-state index contributed by atoms with van der Waals surface area (Å²) in [7, 11) is -3.47. The molecule has 8 heteroatoms. The maximum Gasteiger partial charge on any atom is 0.244 e. The fraction of sp³-hybridized carbons (Fsp3) is 0.368. The Labute approximate surface area is 173 Å². The van der Waals surface area contributed by atoms with Crippen LogP contribution >= 0.6 is 27.7 Å². The summed E-state index contributed by atoms with van der Waals surface area (Å²) in [5.41, 5.74) is 0.715. The minimum atomic E-state index is -3.47. The molecule has 0 aliphatic heterocycles. The molecule has 1 aromatic carbocycles. The second-order valence-corrected chi connectivity index (χ2v) is 9.77. The molecule has 0 fully saturated rings. The molecule has 0 bridgehead atoms. The van der Waals surface area contributed by atoms with Crippen LogP contribution in [0.3, 0.4) is 0 Å². The second kappa shape index (κ2) is 10.4. The molecular formula is C19H23BrN2O3S2. The third kappa shape index (κ3) is 6.14. The molecule has 2 aromatic rings. The number of benzene rings is 1. The summed E-state index contributed by atoms with van der Waals surface area (Å²) in [6.07, 6.45) is 2.62. The Morgan fingerprint density at radius 1 is 1.11 bits per heavy atom. The number of hydrogen-bond donors (Lipinski definition) is 0. The number of Topliss-reactive ketones (excluding diaryl/α,β-unsaturated/α-hetero) is 1. The highest BCUT2D eigenvalue weighted by Gasteiger charge is 2.21. The van der Waals surface area contributed by atoms with Gasteiger partial charge in [0.2, 0.25) is 10.0 Å². The lowest BCUT2D eigenvalue weighted by molar-refractivity contribution is 0.0982. The van der Waals surface area contributed by atoms with E-state index in [1.807, 2.05) is 38.1 Å². The van der Waals surface area contributed by atoms with Crippen molar-refractivity contribution in [3.05, 3.63) is 52.6 Å². The minimum absolute atomic E-state index is 0.122. The Morgan fingerprint density at radius 2 is 1.78 bits per heavy atom. The third-order valence-corrected chi connectivity index (χ3v) is 7.61. The molecular weight excluding hydrogens is 448 g/mol. The molecule has 0 saturated heterocycles. The van der Waals surface area contributed by atoms with Gasteiger partial charge in [-0.1, -0.05) is 41.9 Å². The molecule has 0 amide bonds. The van der Waals surface area contributed by atoms with E-state index >= 15 is 0 Å². The van der Waals surface area contributed by atoms with Gasteiger partial charge in [0.25, 0.3) is 0 Å². The zero-order valence-electron chi connectivity index (χ0n) is 15.4. The SMILES string of the molecule is CCN(CC)S(=O)(=O)c1ccc(SCCCC(=O)c2ccc(Br)cc2)nc1. The van der Waals surface area contributed by atoms with E-state index in [9.17, 15) is 13.2 Å². The van der Waals surface area contributed by atoms with Gasteiger partial charge in [-0.15, -0.1) is 11.8 Å². The molecule has 27 heavy (non-hydrogen) atoms. The zero-order chi connectivity index (χ0) is 19.9. The summed E-state index contributed by atoms with van der Waals surface area (Å²) in [6.45, 7) is 4.49. The van der Waals surface area contributed by atoms with E-state index in [1.165, 1.54) is 22.3 Å². The highest BCUT2D eigenvalue weighted by atomic mass is 79.9. The molecule has 0 spiro atoms. The average molecular weight is 471 g/mol. The number of ketones is 1. The molecule has 0 aliphatic carbocycles. The second-order valence-electron chi connectivity index (χ2n) is 5.80. The standard InChI is InChI=1S/C19H23BrN2O3S2/c1-3-22(4-2)27(24,25)17-11-12-19(21-14-17)26-13-5-6-18(23)15-7-9-16(20)10-8-15/h7-12,14H,3-6,13H2,1-2H3. The van der Waals surface area contributed by atoms with Crippen molar-refractivity contribution < 1.29 is 13.2 Å². The Bertz CT molecular complexity index is 850. The lowest BCUT2D eigenvalue weighted by atomic mass is 10.1. The number of sulfonamides is 1. The molecule has 1 heterocycles. The Kier molecular flexibility index (Phi) is 8.47. The summed E-state index contributed by atoms with van der Waals surface area (Å²) in [5, 5.41) is 0.754. The quantitative estimate of drug-likeness (QED) is 0.287. The highest BCUT2D eigenvalue weighted by Crippen LogP contribution is 2.21. The van der Waals surface area contributed by atoms with Gasteiger partial charge in [-0.25, -0.2) is 13.4 Å². The van der Waals surface area contributed by atoms with Crippen LogP contribution in [0.4, 0.5) is 0 Å². The van der Waals surface area contributed by atoms with Crippen LogP contribution in [0.15, 0.2) is 57.0 Å². The number of nitrogens with zero attached hydrogens (tertiary/aromatic N) is 2. The smallest absolute Gasteiger partial charge is 0.244 e. The van der Waals surface area contributed by atoms with Crippen LogP contribution < -0.4 is 0 Å². The van der Waals surface area contributed by atoms with E-state index in [4.69, 9.17) is 0 Å². The molecule has 0 saturated carbocycles. The first-order chi connectivity index (χ1) is 12.9. The first-order valence-electron chi connectivity index (χ1n) is 8.76. The number of aromatic nitrogens is 1. The zero-order valence-corrected chi connectivity index (χ0v) is 18.6. The van der Waals surface area contributed by atoms with Crippen LogP contribution in [0.25, 0.3) is 0 Å². The van der Waals surface area contributed by atoms with E-state index in [0.29, 0.717) is 25.1 Å². The first kappa shape index (κ1) is 22.1. The van der Waals surface area contributed by atoms with Gasteiger partial charge in [-0.3, -0.25) is 4.79 Å². The van der Waals surface area contributed by atoms with Gasteiger partial charge < -0.3 is 0 Å². The predicted molar refractivity (Wildman–Crippen MR) is 113 cm³/mol. The molecule has 0 N–H and O–H groups in total. The monoisotopic (exact) mass is 470 g/mol. The van der Waals surface area contributed by atoms with Crippen LogP contribution in [0.5, 0.6) is 0 Å². The van der Waals surface area contributed by atoms with Crippen molar-refractivity contribution in [3.8, 4) is 0 Å². The van der Waals surface area contributed by atoms with Gasteiger partial charge in [0.15, 0.2) is 5.78 Å². The maximum absolute atomic E-state index is 12.4. The van der Waals surface area contributed by atoms with Crippen LogP contribution in [0.2, 0.25) is 0 Å². The highest BCUT2D eigenvalue weighted by molar-refractivity contribution is 9.10. The van der Waals surface area contributed by atoms with Crippen LogP contribution in [-0.2, 0) is 10.0 Å². The molecule has 1 aromatic heterocycles. The number of carbonyl (C=O) groups excluding carboxylic acids is 1. The normalized spacial score (nSPS) is 11.7. The number of pyridine rings is 1. The van der Waals surface area contributed by atoms with Crippen molar-refractivity contribution in [1.29, 1.82) is 0 Å². The fourth-order valence-electron chi connectivity index (χ4n) is 2.51. The number of thioether (sulfide) groups is 1. The Balaban J connectivity index is 1.85. The number of carbonyl (C=O) groups is 1. The van der Waals surface area contributed by atoms with E-state index in [0.717, 1.165) is 21.7 Å². The number of halogens is 1. The van der Waals surface area contributed by atoms with Crippen molar-refractivity contribution >= 4 is 43.5 Å². The fourth-order valence-corrected chi connectivity index (χ4v) is 4.96. The van der Waals surface area contributed by atoms with Gasteiger partial charge in [-0.05, 0) is 36.4 Å². The number of hydrogen-bond acceptors (Lipinski definition) is 5. The summed E-state index contributed by atoms with van der Waals surface area (Å²) in [4.78, 5) is 16.6. The van der Waals surface area contributed by atoms with E-state index in [-0.39, 0.29) is 10.7 Å². The molecule has 0 atom stereocenters. The predicted octanol–water partition coefficient (Wildman–Crippen LogP) is 4.63. The van der Waals surface area contributed by atoms with Crippen molar-refractivity contribution in [1.82, 2.24) is 9.29 Å². The van der Waals surface area contributed by atoms with Gasteiger partial charge >= 0.3 is 0 Å². The molecule has 0 unspecified atom stereocenters. The van der Waals surface area contributed by atoms with Gasteiger partial charge in [-0.2, -0.15) is 4.31 Å². The summed E-state index contributed by atoms with van der Waals surface area (Å²) in [5.74, 6) is 0.869. The van der Waals surface area contributed by atoms with E-state index in [1.54, 1.807) is 12.1 Å². The van der Waals surface area contributed by atoms with Gasteiger partial charge in [0, 0.05) is 35.7 Å². The summed E-state index contributed by atoms with van der Waals surface area (Å²) < 4.78 is 27.2. The van der Waals surface area contributed by atoms with E-state index in [2.05, 4.69) is 20.9 Å². The summed E-state index contributed by atoms with van der Waals surface area (Å²) >= 11 is 4.88. The third-order valence-electron chi connectivity index (χ3n) is 4.02. The molecule has 0 radical (unpaired) electrons. The van der Waals surface area contributed by atoms with Crippen molar-refractivity contribution in [3.63, 3.8) is 0 Å². The first-order valence-corrected chi connectivity index (χ1v) is 12.0. The average Bonchev–Trinajstić information content (AvgIpc) is 2.66. The van der Waals surface area contributed by atoms with E-state index < -0.39 is 10.0 Å². The van der Waals surface area contributed by atoms with Crippen LogP contribution in [0.1, 0.15) is 37.0 Å². The molecule has 146 valence electrons. The van der Waals surface area contributed by atoms with Crippen molar-refractivity contribution in [2.45, 2.75) is 36.6 Å². The summed E-state index contributed by atoms with van der Waals surface area (Å²) in [6, 6.07) is 10.7. The Morgan fingerprint density at radius 3 is 2.33 bits per heavy atom. The minimum Gasteiger partial charge on any atom is -0.294 e. The Hall–Kier alpha value is -1.22. The molecule has 5 nitrogen and oxygen atoms in total. The van der Waals surface area contributed by atoms with Crippen LogP contribution in [0, 0.1) is 0 Å². The number of rotatable bonds is 10. The molecule has 2 rings (SSSR count). The van der Waals surface area contributed by atoms with Gasteiger partial charge in [0.1, 0.15) is 4.90 Å².